The summed E-state index contributed by atoms with van der Waals surface area (Å²) in [7, 11) is 0. The zero-order valence-electron chi connectivity index (χ0n) is 13.0. The number of hydrogen-bond acceptors (Lipinski definition) is 3. The van der Waals surface area contributed by atoms with Crippen molar-refractivity contribution in [3.05, 3.63) is 47.3 Å². The van der Waals surface area contributed by atoms with Gasteiger partial charge in [-0.1, -0.05) is 13.8 Å². The highest BCUT2D eigenvalue weighted by atomic mass is 19.1. The predicted octanol–water partition coefficient (Wildman–Crippen LogP) is 2.76. The highest BCUT2D eigenvalue weighted by Crippen LogP contribution is 2.26. The molecule has 116 valence electrons. The van der Waals surface area contributed by atoms with Crippen LogP contribution in [0.2, 0.25) is 0 Å². The summed E-state index contributed by atoms with van der Waals surface area (Å²) in [6, 6.07) is 5.77. The largest absolute Gasteiger partial charge is 0.329 e. The minimum absolute atomic E-state index is 0.104. The number of aromatic nitrogens is 3. The molecule has 0 unspecified atom stereocenters. The molecule has 0 saturated carbocycles. The molecule has 6 heteroatoms. The van der Waals surface area contributed by atoms with E-state index in [2.05, 4.69) is 35.5 Å². The van der Waals surface area contributed by atoms with Crippen molar-refractivity contribution < 1.29 is 9.18 Å². The van der Waals surface area contributed by atoms with Gasteiger partial charge in [0.2, 0.25) is 0 Å². The summed E-state index contributed by atoms with van der Waals surface area (Å²) < 4.78 is 15.1. The fourth-order valence-electron chi connectivity index (χ4n) is 2.88. The van der Waals surface area contributed by atoms with Crippen molar-refractivity contribution in [1.29, 1.82) is 0 Å². The summed E-state index contributed by atoms with van der Waals surface area (Å²) in [4.78, 5) is 14.3. The van der Waals surface area contributed by atoms with Crippen molar-refractivity contribution in [2.75, 3.05) is 6.54 Å². The summed E-state index contributed by atoms with van der Waals surface area (Å²) in [6.45, 7) is 7.25. The van der Waals surface area contributed by atoms with Gasteiger partial charge in [0.1, 0.15) is 11.6 Å². The quantitative estimate of drug-likeness (QED) is 0.857. The first-order valence-electron chi connectivity index (χ1n) is 7.46. The zero-order valence-corrected chi connectivity index (χ0v) is 13.0. The molecular formula is C16H19FN4O. The molecule has 0 N–H and O–H groups in total. The van der Waals surface area contributed by atoms with E-state index in [4.69, 9.17) is 0 Å². The molecule has 1 aliphatic rings. The van der Waals surface area contributed by atoms with Crippen LogP contribution in [0.15, 0.2) is 24.3 Å². The summed E-state index contributed by atoms with van der Waals surface area (Å²) in [6.07, 6.45) is 0. The van der Waals surface area contributed by atoms with Crippen LogP contribution >= 0.6 is 0 Å². The van der Waals surface area contributed by atoms with Gasteiger partial charge in [-0.15, -0.1) is 10.2 Å². The van der Waals surface area contributed by atoms with Crippen LogP contribution in [0.1, 0.15) is 54.7 Å². The van der Waals surface area contributed by atoms with E-state index in [9.17, 15) is 9.18 Å². The number of carbonyl (C=O) groups excluding carboxylic acids is 1. The lowest BCUT2D eigenvalue weighted by molar-refractivity contribution is 0.0679. The Bertz CT molecular complexity index is 693. The third kappa shape index (κ3) is 2.49. The first-order chi connectivity index (χ1) is 10.5. The van der Waals surface area contributed by atoms with Crippen LogP contribution in [-0.2, 0) is 6.54 Å². The number of fused-ring (bicyclic) bond motifs is 1. The maximum absolute atomic E-state index is 13.0. The van der Waals surface area contributed by atoms with Crippen LogP contribution in [0, 0.1) is 5.82 Å². The van der Waals surface area contributed by atoms with Crippen molar-refractivity contribution >= 4 is 5.91 Å². The lowest BCUT2D eigenvalue weighted by Gasteiger charge is -2.33. The molecule has 1 aliphatic heterocycles. The first-order valence-corrected chi connectivity index (χ1v) is 7.46. The second-order valence-corrected chi connectivity index (χ2v) is 6.04. The number of halogens is 1. The molecule has 3 rings (SSSR count). The monoisotopic (exact) mass is 302 g/mol. The van der Waals surface area contributed by atoms with Gasteiger partial charge in [0, 0.05) is 18.0 Å². The average Bonchev–Trinajstić information content (AvgIpc) is 2.92. The van der Waals surface area contributed by atoms with Gasteiger partial charge in [-0.25, -0.2) is 4.39 Å². The van der Waals surface area contributed by atoms with Crippen LogP contribution in [0.3, 0.4) is 0 Å². The lowest BCUT2D eigenvalue weighted by atomic mass is 10.1. The lowest BCUT2D eigenvalue weighted by Crippen LogP contribution is -2.40. The van der Waals surface area contributed by atoms with E-state index in [-0.39, 0.29) is 17.8 Å². The van der Waals surface area contributed by atoms with Crippen molar-refractivity contribution in [1.82, 2.24) is 19.7 Å². The van der Waals surface area contributed by atoms with Crippen LogP contribution in [0.25, 0.3) is 0 Å². The van der Waals surface area contributed by atoms with Gasteiger partial charge >= 0.3 is 0 Å². The van der Waals surface area contributed by atoms with Crippen molar-refractivity contribution in [2.24, 2.45) is 0 Å². The number of rotatable bonds is 2. The van der Waals surface area contributed by atoms with E-state index < -0.39 is 0 Å². The van der Waals surface area contributed by atoms with Crippen LogP contribution in [0.4, 0.5) is 4.39 Å². The van der Waals surface area contributed by atoms with Gasteiger partial charge in [-0.2, -0.15) is 0 Å². The van der Waals surface area contributed by atoms with Crippen LogP contribution < -0.4 is 0 Å². The zero-order chi connectivity index (χ0) is 15.9. The Morgan fingerprint density at radius 3 is 2.59 bits per heavy atom. The van der Waals surface area contributed by atoms with Crippen molar-refractivity contribution in [3.8, 4) is 0 Å². The third-order valence-corrected chi connectivity index (χ3v) is 3.95. The van der Waals surface area contributed by atoms with Crippen molar-refractivity contribution in [2.45, 2.75) is 39.3 Å². The van der Waals surface area contributed by atoms with Gasteiger partial charge < -0.3 is 9.47 Å². The minimum atomic E-state index is -0.343. The second kappa shape index (κ2) is 5.51. The van der Waals surface area contributed by atoms with Gasteiger partial charge in [0.15, 0.2) is 5.82 Å². The fraction of sp³-hybridized carbons (Fsp3) is 0.438. The number of carbonyl (C=O) groups is 1. The van der Waals surface area contributed by atoms with Crippen LogP contribution in [0.5, 0.6) is 0 Å². The molecule has 1 aromatic carbocycles. The molecule has 0 radical (unpaired) electrons. The highest BCUT2D eigenvalue weighted by Gasteiger charge is 2.30. The summed E-state index contributed by atoms with van der Waals surface area (Å²) in [5.41, 5.74) is 0.491. The predicted molar refractivity (Wildman–Crippen MR) is 80.0 cm³/mol. The number of nitrogens with zero attached hydrogens (tertiary/aromatic N) is 4. The number of amides is 1. The van der Waals surface area contributed by atoms with Gasteiger partial charge in [0.25, 0.3) is 5.91 Å². The third-order valence-electron chi connectivity index (χ3n) is 3.95. The summed E-state index contributed by atoms with van der Waals surface area (Å²) >= 11 is 0. The molecule has 0 spiro atoms. The molecule has 0 fully saturated rings. The maximum Gasteiger partial charge on any atom is 0.254 e. The van der Waals surface area contributed by atoms with E-state index in [0.29, 0.717) is 24.6 Å². The standard InChI is InChI=1S/C16H19FN4O/c1-10(2)15-19-18-14-9-20(8-11(3)21(14)15)16(22)12-4-6-13(17)7-5-12/h4-7,10-11H,8-9H2,1-3H3/t11-/m0/s1. The van der Waals surface area contributed by atoms with E-state index >= 15 is 0 Å². The first kappa shape index (κ1) is 14.7. The van der Waals surface area contributed by atoms with Gasteiger partial charge in [-0.05, 0) is 31.2 Å². The average molecular weight is 302 g/mol. The highest BCUT2D eigenvalue weighted by molar-refractivity contribution is 5.94. The SMILES string of the molecule is CC(C)c1nnc2n1[C@@H](C)CN(C(=O)c1ccc(F)cc1)C2. The maximum atomic E-state index is 13.0. The molecule has 0 bridgehead atoms. The van der Waals surface area contributed by atoms with E-state index in [0.717, 1.165) is 11.6 Å². The summed E-state index contributed by atoms with van der Waals surface area (Å²) in [5.74, 6) is 1.61. The second-order valence-electron chi connectivity index (χ2n) is 6.04. The molecule has 2 aromatic rings. The Kier molecular flexibility index (Phi) is 3.68. The molecule has 2 heterocycles. The summed E-state index contributed by atoms with van der Waals surface area (Å²) in [5, 5.41) is 8.48. The molecule has 1 amide bonds. The van der Waals surface area contributed by atoms with E-state index in [1.807, 2.05) is 0 Å². The molecule has 1 aromatic heterocycles. The normalized spacial score (nSPS) is 17.7. The topological polar surface area (TPSA) is 51.0 Å². The molecular weight excluding hydrogens is 283 g/mol. The molecule has 5 nitrogen and oxygen atoms in total. The Labute approximate surface area is 128 Å². The van der Waals surface area contributed by atoms with Gasteiger partial charge in [0.05, 0.1) is 12.6 Å². The number of hydrogen-bond donors (Lipinski definition) is 0. The van der Waals surface area contributed by atoms with Gasteiger partial charge in [-0.3, -0.25) is 4.79 Å². The molecule has 1 atom stereocenters. The molecule has 0 saturated heterocycles. The Morgan fingerprint density at radius 2 is 1.95 bits per heavy atom. The van der Waals surface area contributed by atoms with E-state index in [1.165, 1.54) is 24.3 Å². The Hall–Kier alpha value is -2.24. The number of benzene rings is 1. The molecule has 0 aliphatic carbocycles. The Morgan fingerprint density at radius 1 is 1.27 bits per heavy atom. The smallest absolute Gasteiger partial charge is 0.254 e. The fourth-order valence-corrected chi connectivity index (χ4v) is 2.88. The Balaban J connectivity index is 1.86. The molecule has 22 heavy (non-hydrogen) atoms. The van der Waals surface area contributed by atoms with Crippen molar-refractivity contribution in [3.63, 3.8) is 0 Å². The van der Waals surface area contributed by atoms with Crippen LogP contribution in [-0.4, -0.2) is 32.1 Å². The van der Waals surface area contributed by atoms with E-state index in [1.54, 1.807) is 4.90 Å². The minimum Gasteiger partial charge on any atom is -0.329 e.